The third-order valence-electron chi connectivity index (χ3n) is 7.44. The average Bonchev–Trinajstić information content (AvgIpc) is 3.40. The lowest BCUT2D eigenvalue weighted by atomic mass is 9.79. The number of benzene rings is 1. The van der Waals surface area contributed by atoms with Crippen molar-refractivity contribution in [3.05, 3.63) is 53.2 Å². The average molecular weight is 459 g/mol. The zero-order valence-corrected chi connectivity index (χ0v) is 19.2. The van der Waals surface area contributed by atoms with Crippen molar-refractivity contribution >= 4 is 33.3 Å². The Bertz CT molecular complexity index is 1200. The molecule has 3 aromatic rings. The predicted molar refractivity (Wildman–Crippen MR) is 128 cm³/mol. The lowest BCUT2D eigenvalue weighted by Gasteiger charge is -2.45. The molecule has 33 heavy (non-hydrogen) atoms. The second-order valence-electron chi connectivity index (χ2n) is 9.42. The van der Waals surface area contributed by atoms with E-state index in [1.165, 1.54) is 10.3 Å². The highest BCUT2D eigenvalue weighted by Gasteiger charge is 2.45. The number of nitrogens with zero attached hydrogens (tertiary/aromatic N) is 5. The first-order chi connectivity index (χ1) is 16.2. The Kier molecular flexibility index (Phi) is 5.24. The number of pyridine rings is 1. The van der Waals surface area contributed by atoms with E-state index in [0.717, 1.165) is 56.7 Å². The molecule has 168 valence electrons. The molecule has 2 aliphatic heterocycles. The number of rotatable bonds is 5. The van der Waals surface area contributed by atoms with E-state index in [9.17, 15) is 4.79 Å². The van der Waals surface area contributed by atoms with Crippen molar-refractivity contribution in [2.45, 2.75) is 50.4 Å². The van der Waals surface area contributed by atoms with Crippen LogP contribution in [0.4, 0.5) is 5.82 Å². The first-order valence-electron chi connectivity index (χ1n) is 11.7. The van der Waals surface area contributed by atoms with Crippen molar-refractivity contribution in [3.8, 4) is 6.07 Å². The van der Waals surface area contributed by atoms with Gasteiger partial charge in [-0.05, 0) is 49.4 Å². The molecule has 1 N–H and O–H groups in total. The highest BCUT2D eigenvalue weighted by Crippen LogP contribution is 2.37. The highest BCUT2D eigenvalue weighted by molar-refractivity contribution is 7.16. The molecule has 2 unspecified atom stereocenters. The maximum Gasteiger partial charge on any atom is 0.225 e. The molecule has 2 aromatic heterocycles. The van der Waals surface area contributed by atoms with Gasteiger partial charge in [-0.25, -0.2) is 9.97 Å². The zero-order chi connectivity index (χ0) is 22.4. The first kappa shape index (κ1) is 20.6. The van der Waals surface area contributed by atoms with Gasteiger partial charge in [0.2, 0.25) is 5.91 Å². The first-order valence-corrected chi connectivity index (χ1v) is 12.6. The van der Waals surface area contributed by atoms with E-state index in [2.05, 4.69) is 49.4 Å². The second kappa shape index (κ2) is 8.40. The summed E-state index contributed by atoms with van der Waals surface area (Å²) in [5, 5.41) is 12.7. The molecule has 1 aliphatic carbocycles. The van der Waals surface area contributed by atoms with Crippen LogP contribution in [0, 0.1) is 17.2 Å². The Morgan fingerprint density at radius 2 is 1.97 bits per heavy atom. The van der Waals surface area contributed by atoms with Gasteiger partial charge in [0.1, 0.15) is 11.9 Å². The summed E-state index contributed by atoms with van der Waals surface area (Å²) in [5.41, 5.74) is 4.83. The van der Waals surface area contributed by atoms with E-state index in [-0.39, 0.29) is 5.92 Å². The van der Waals surface area contributed by atoms with Crippen molar-refractivity contribution < 1.29 is 4.79 Å². The molecule has 3 aliphatic rings. The van der Waals surface area contributed by atoms with Crippen LogP contribution in [-0.2, 0) is 11.3 Å². The summed E-state index contributed by atoms with van der Waals surface area (Å²) in [4.78, 5) is 26.6. The number of likely N-dealkylation sites (tertiary alicyclic amines) is 1. The van der Waals surface area contributed by atoms with Crippen LogP contribution in [-0.4, -0.2) is 52.0 Å². The molecule has 6 rings (SSSR count). The monoisotopic (exact) mass is 458 g/mol. The maximum absolute atomic E-state index is 13.2. The molecule has 1 aromatic carbocycles. The lowest BCUT2D eigenvalue weighted by Crippen LogP contribution is -2.58. The van der Waals surface area contributed by atoms with Gasteiger partial charge in [-0.1, -0.05) is 12.1 Å². The normalized spacial score (nSPS) is 26.3. The van der Waals surface area contributed by atoms with Crippen LogP contribution in [0.2, 0.25) is 0 Å². The van der Waals surface area contributed by atoms with E-state index in [1.807, 2.05) is 17.6 Å². The van der Waals surface area contributed by atoms with Gasteiger partial charge in [0, 0.05) is 49.9 Å². The maximum atomic E-state index is 13.2. The fourth-order valence-corrected chi connectivity index (χ4v) is 6.45. The highest BCUT2D eigenvalue weighted by atomic mass is 32.1. The SMILES string of the molecule is N#Cc1ccc(N2C3CCC2CN(C(=O)C2CC(NCc4cccc5ncsc45)C2)C3)nc1. The van der Waals surface area contributed by atoms with Crippen molar-refractivity contribution in [1.82, 2.24) is 20.2 Å². The molecular formula is C25H26N6OS. The van der Waals surface area contributed by atoms with Gasteiger partial charge in [0.05, 0.1) is 21.3 Å². The fraction of sp³-hybridized carbons (Fsp3) is 0.440. The lowest BCUT2D eigenvalue weighted by molar-refractivity contribution is -0.140. The van der Waals surface area contributed by atoms with Crippen molar-refractivity contribution in [3.63, 3.8) is 0 Å². The molecule has 2 bridgehead atoms. The van der Waals surface area contributed by atoms with Crippen molar-refractivity contribution in [2.24, 2.45) is 5.92 Å². The minimum atomic E-state index is 0.140. The van der Waals surface area contributed by atoms with Crippen LogP contribution >= 0.6 is 11.3 Å². The number of hydrogen-bond acceptors (Lipinski definition) is 7. The van der Waals surface area contributed by atoms with E-state index in [1.54, 1.807) is 17.5 Å². The second-order valence-corrected chi connectivity index (χ2v) is 10.3. The van der Waals surface area contributed by atoms with Gasteiger partial charge in [-0.2, -0.15) is 5.26 Å². The van der Waals surface area contributed by atoms with Crippen LogP contribution in [0.5, 0.6) is 0 Å². The number of thiazole rings is 1. The van der Waals surface area contributed by atoms with Crippen molar-refractivity contribution in [2.75, 3.05) is 18.0 Å². The molecule has 2 atom stereocenters. The standard InChI is InChI=1S/C25H26N6OS/c26-10-16-4-7-23(28-11-16)31-20-5-6-21(31)14-30(13-20)25(32)18-8-19(9-18)27-12-17-2-1-3-22-24(17)33-15-29-22/h1-4,7,11,15,18-21,27H,5-6,8-9,12-14H2. The summed E-state index contributed by atoms with van der Waals surface area (Å²) in [6.45, 7) is 2.38. The van der Waals surface area contributed by atoms with Gasteiger partial charge < -0.3 is 15.1 Å². The molecule has 0 radical (unpaired) electrons. The van der Waals surface area contributed by atoms with Gasteiger partial charge >= 0.3 is 0 Å². The van der Waals surface area contributed by atoms with Crippen LogP contribution in [0.3, 0.4) is 0 Å². The number of nitrogens with one attached hydrogen (secondary N) is 1. The number of aromatic nitrogens is 2. The van der Waals surface area contributed by atoms with Crippen LogP contribution in [0.1, 0.15) is 36.8 Å². The summed E-state index contributed by atoms with van der Waals surface area (Å²) < 4.78 is 1.25. The summed E-state index contributed by atoms with van der Waals surface area (Å²) in [7, 11) is 0. The van der Waals surface area contributed by atoms with Gasteiger partial charge in [-0.3, -0.25) is 4.79 Å². The van der Waals surface area contributed by atoms with Gasteiger partial charge in [-0.15, -0.1) is 11.3 Å². The topological polar surface area (TPSA) is 85.2 Å². The quantitative estimate of drug-likeness (QED) is 0.631. The predicted octanol–water partition coefficient (Wildman–Crippen LogP) is 3.31. The van der Waals surface area contributed by atoms with E-state index in [4.69, 9.17) is 5.26 Å². The van der Waals surface area contributed by atoms with Crippen molar-refractivity contribution in [1.29, 1.82) is 5.26 Å². The molecule has 1 amide bonds. The summed E-state index contributed by atoms with van der Waals surface area (Å²) >= 11 is 1.69. The van der Waals surface area contributed by atoms with Gasteiger partial charge in [0.25, 0.3) is 0 Å². The molecule has 1 saturated carbocycles. The number of carbonyl (C=O) groups excluding carboxylic acids is 1. The zero-order valence-electron chi connectivity index (χ0n) is 18.4. The number of piperazine rings is 1. The summed E-state index contributed by atoms with van der Waals surface area (Å²) in [6, 6.07) is 13.2. The number of anilines is 1. The molecule has 3 fully saturated rings. The third-order valence-corrected chi connectivity index (χ3v) is 8.36. The Balaban J connectivity index is 1.03. The van der Waals surface area contributed by atoms with Crippen LogP contribution in [0.15, 0.2) is 42.0 Å². The Morgan fingerprint density at radius 3 is 2.70 bits per heavy atom. The minimum Gasteiger partial charge on any atom is -0.347 e. The number of hydrogen-bond donors (Lipinski definition) is 1. The number of nitriles is 1. The van der Waals surface area contributed by atoms with Gasteiger partial charge in [0.15, 0.2) is 0 Å². The molecule has 2 saturated heterocycles. The summed E-state index contributed by atoms with van der Waals surface area (Å²) in [5.74, 6) is 1.39. The van der Waals surface area contributed by atoms with E-state index >= 15 is 0 Å². The largest absolute Gasteiger partial charge is 0.347 e. The molecular weight excluding hydrogens is 432 g/mol. The number of amides is 1. The van der Waals surface area contributed by atoms with E-state index in [0.29, 0.717) is 29.6 Å². The number of fused-ring (bicyclic) bond motifs is 3. The molecule has 7 nitrogen and oxygen atoms in total. The van der Waals surface area contributed by atoms with Crippen LogP contribution in [0.25, 0.3) is 10.2 Å². The Hall–Kier alpha value is -3.02. The fourth-order valence-electron chi connectivity index (χ4n) is 5.64. The Labute approximate surface area is 197 Å². The summed E-state index contributed by atoms with van der Waals surface area (Å²) in [6.07, 6.45) is 5.67. The molecule has 4 heterocycles. The molecule has 8 heteroatoms. The third kappa shape index (κ3) is 3.75. The molecule has 0 spiro atoms. The Morgan fingerprint density at radius 1 is 1.15 bits per heavy atom. The smallest absolute Gasteiger partial charge is 0.225 e. The van der Waals surface area contributed by atoms with E-state index < -0.39 is 0 Å². The minimum absolute atomic E-state index is 0.140. The van der Waals surface area contributed by atoms with Crippen LogP contribution < -0.4 is 10.2 Å². The number of carbonyl (C=O) groups is 1.